The van der Waals surface area contributed by atoms with E-state index in [1.165, 1.54) is 0 Å². The highest BCUT2D eigenvalue weighted by atomic mass is 15.0. The van der Waals surface area contributed by atoms with Crippen LogP contribution in [0.4, 0.5) is 0 Å². The number of imidazole rings is 1. The van der Waals surface area contributed by atoms with Crippen LogP contribution >= 0.6 is 0 Å². The van der Waals surface area contributed by atoms with Gasteiger partial charge < -0.3 is 10.1 Å². The minimum absolute atomic E-state index is 0.330. The molecule has 0 atom stereocenters. The molecule has 0 saturated carbocycles. The summed E-state index contributed by atoms with van der Waals surface area (Å²) in [6.07, 6.45) is 2.55. The Labute approximate surface area is 94.3 Å². The van der Waals surface area contributed by atoms with Crippen molar-refractivity contribution in [1.29, 1.82) is 5.26 Å². The van der Waals surface area contributed by atoms with Gasteiger partial charge in [-0.1, -0.05) is 6.07 Å². The van der Waals surface area contributed by atoms with Crippen molar-refractivity contribution in [3.63, 3.8) is 0 Å². The summed E-state index contributed by atoms with van der Waals surface area (Å²) < 4.78 is 1.92. The maximum absolute atomic E-state index is 8.99. The number of rotatable bonds is 2. The van der Waals surface area contributed by atoms with Gasteiger partial charge in [0.1, 0.15) is 11.9 Å². The van der Waals surface area contributed by atoms with Crippen LogP contribution in [0.15, 0.2) is 24.4 Å². The van der Waals surface area contributed by atoms with E-state index in [2.05, 4.69) is 11.1 Å². The normalized spacial score (nSPS) is 11.6. The van der Waals surface area contributed by atoms with Crippen LogP contribution in [0.25, 0.3) is 5.52 Å². The summed E-state index contributed by atoms with van der Waals surface area (Å²) in [5, 5.41) is 8.99. The first-order valence-electron chi connectivity index (χ1n) is 5.16. The molecular formula is C12H14N4. The average Bonchev–Trinajstić information content (AvgIpc) is 2.55. The molecule has 2 rings (SSSR count). The van der Waals surface area contributed by atoms with E-state index in [-0.39, 0.29) is 5.54 Å². The Balaban J connectivity index is 2.59. The van der Waals surface area contributed by atoms with Gasteiger partial charge in [0.05, 0.1) is 5.52 Å². The Morgan fingerprint density at radius 3 is 2.88 bits per heavy atom. The van der Waals surface area contributed by atoms with Crippen LogP contribution in [0.1, 0.15) is 25.4 Å². The Bertz CT molecular complexity index is 554. The van der Waals surface area contributed by atoms with Crippen molar-refractivity contribution in [3.8, 4) is 6.07 Å². The topological polar surface area (TPSA) is 67.1 Å². The second kappa shape index (κ2) is 3.62. The molecule has 0 saturated heterocycles. The Morgan fingerprint density at radius 1 is 1.50 bits per heavy atom. The molecule has 0 bridgehead atoms. The lowest BCUT2D eigenvalue weighted by Crippen LogP contribution is -2.35. The van der Waals surface area contributed by atoms with Gasteiger partial charge in [0, 0.05) is 18.2 Å². The molecule has 0 unspecified atom stereocenters. The van der Waals surface area contributed by atoms with Gasteiger partial charge in [-0.3, -0.25) is 0 Å². The van der Waals surface area contributed by atoms with E-state index < -0.39 is 0 Å². The standard InChI is InChI=1S/C12H14N4/c1-12(2,14)7-11-15-9(8-13)10-5-3-4-6-16(10)11/h3-6H,7,14H2,1-2H3. The van der Waals surface area contributed by atoms with Gasteiger partial charge in [-0.2, -0.15) is 5.26 Å². The minimum atomic E-state index is -0.330. The second-order valence-corrected chi connectivity index (χ2v) is 4.61. The zero-order valence-corrected chi connectivity index (χ0v) is 9.44. The molecule has 2 heterocycles. The van der Waals surface area contributed by atoms with Crippen LogP contribution in [0.3, 0.4) is 0 Å². The third kappa shape index (κ3) is 1.90. The van der Waals surface area contributed by atoms with E-state index in [4.69, 9.17) is 11.0 Å². The highest BCUT2D eigenvalue weighted by molar-refractivity contribution is 5.58. The lowest BCUT2D eigenvalue weighted by molar-refractivity contribution is 0.501. The lowest BCUT2D eigenvalue weighted by atomic mass is 10.0. The molecule has 2 N–H and O–H groups in total. The van der Waals surface area contributed by atoms with Crippen molar-refractivity contribution < 1.29 is 0 Å². The van der Waals surface area contributed by atoms with Gasteiger partial charge in [0.15, 0.2) is 5.69 Å². The molecule has 4 nitrogen and oxygen atoms in total. The smallest absolute Gasteiger partial charge is 0.166 e. The average molecular weight is 214 g/mol. The molecule has 0 aliphatic rings. The SMILES string of the molecule is CC(C)(N)Cc1nc(C#N)c2ccccn12. The molecule has 0 spiro atoms. The maximum atomic E-state index is 8.99. The van der Waals surface area contributed by atoms with Crippen molar-refractivity contribution in [2.45, 2.75) is 25.8 Å². The van der Waals surface area contributed by atoms with E-state index >= 15 is 0 Å². The summed E-state index contributed by atoms with van der Waals surface area (Å²) in [5.41, 5.74) is 6.94. The second-order valence-electron chi connectivity index (χ2n) is 4.61. The predicted octanol–water partition coefficient (Wildman–Crippen LogP) is 1.49. The summed E-state index contributed by atoms with van der Waals surface area (Å²) >= 11 is 0. The molecular weight excluding hydrogens is 200 g/mol. The van der Waals surface area contributed by atoms with Gasteiger partial charge >= 0.3 is 0 Å². The zero-order valence-electron chi connectivity index (χ0n) is 9.44. The Kier molecular flexibility index (Phi) is 2.41. The van der Waals surface area contributed by atoms with Gasteiger partial charge in [0.25, 0.3) is 0 Å². The minimum Gasteiger partial charge on any atom is -0.325 e. The molecule has 0 aliphatic heterocycles. The fourth-order valence-corrected chi connectivity index (χ4v) is 1.72. The largest absolute Gasteiger partial charge is 0.325 e. The molecule has 2 aromatic heterocycles. The van der Waals surface area contributed by atoms with Crippen molar-refractivity contribution in [2.75, 3.05) is 0 Å². The number of aromatic nitrogens is 2. The molecule has 0 amide bonds. The van der Waals surface area contributed by atoms with Crippen LogP contribution in [-0.4, -0.2) is 14.9 Å². The monoisotopic (exact) mass is 214 g/mol. The summed E-state index contributed by atoms with van der Waals surface area (Å²) in [6.45, 7) is 3.89. The van der Waals surface area contributed by atoms with Crippen LogP contribution < -0.4 is 5.73 Å². The van der Waals surface area contributed by atoms with E-state index in [1.54, 1.807) is 0 Å². The van der Waals surface area contributed by atoms with E-state index in [1.807, 2.05) is 42.6 Å². The van der Waals surface area contributed by atoms with Crippen molar-refractivity contribution in [2.24, 2.45) is 5.73 Å². The maximum Gasteiger partial charge on any atom is 0.166 e. The first-order chi connectivity index (χ1) is 7.51. The fourth-order valence-electron chi connectivity index (χ4n) is 1.72. The van der Waals surface area contributed by atoms with Crippen molar-refractivity contribution in [1.82, 2.24) is 9.38 Å². The third-order valence-electron chi connectivity index (χ3n) is 2.34. The molecule has 0 aliphatic carbocycles. The predicted molar refractivity (Wildman–Crippen MR) is 61.9 cm³/mol. The third-order valence-corrected chi connectivity index (χ3v) is 2.34. The first kappa shape index (κ1) is 10.7. The van der Waals surface area contributed by atoms with Crippen LogP contribution in [0.5, 0.6) is 0 Å². The summed E-state index contributed by atoms with van der Waals surface area (Å²) in [7, 11) is 0. The van der Waals surface area contributed by atoms with Gasteiger partial charge in [-0.05, 0) is 26.0 Å². The van der Waals surface area contributed by atoms with Crippen LogP contribution in [0, 0.1) is 11.3 Å². The highest BCUT2D eigenvalue weighted by Gasteiger charge is 2.17. The number of hydrogen-bond acceptors (Lipinski definition) is 3. The number of nitrogens with two attached hydrogens (primary N) is 1. The number of hydrogen-bond donors (Lipinski definition) is 1. The molecule has 0 aromatic carbocycles. The molecule has 82 valence electrons. The number of pyridine rings is 1. The lowest BCUT2D eigenvalue weighted by Gasteiger charge is -2.16. The quantitative estimate of drug-likeness (QED) is 0.823. The fraction of sp³-hybridized carbons (Fsp3) is 0.333. The number of fused-ring (bicyclic) bond motifs is 1. The van der Waals surface area contributed by atoms with E-state index in [0.29, 0.717) is 12.1 Å². The molecule has 0 radical (unpaired) electrons. The molecule has 4 heteroatoms. The van der Waals surface area contributed by atoms with Crippen molar-refractivity contribution in [3.05, 3.63) is 35.9 Å². The molecule has 2 aromatic rings. The Hall–Kier alpha value is -1.86. The van der Waals surface area contributed by atoms with Gasteiger partial charge in [0.2, 0.25) is 0 Å². The molecule has 0 fully saturated rings. The Morgan fingerprint density at radius 2 is 2.25 bits per heavy atom. The van der Waals surface area contributed by atoms with E-state index in [9.17, 15) is 0 Å². The number of nitrogens with zero attached hydrogens (tertiary/aromatic N) is 3. The van der Waals surface area contributed by atoms with Gasteiger partial charge in [-0.15, -0.1) is 0 Å². The van der Waals surface area contributed by atoms with Gasteiger partial charge in [-0.25, -0.2) is 4.98 Å². The zero-order chi connectivity index (χ0) is 11.8. The first-order valence-corrected chi connectivity index (χ1v) is 5.16. The molecule has 16 heavy (non-hydrogen) atoms. The summed E-state index contributed by atoms with van der Waals surface area (Å²) in [4.78, 5) is 4.32. The van der Waals surface area contributed by atoms with Crippen molar-refractivity contribution >= 4 is 5.52 Å². The van der Waals surface area contributed by atoms with Crippen LogP contribution in [-0.2, 0) is 6.42 Å². The summed E-state index contributed by atoms with van der Waals surface area (Å²) in [6, 6.07) is 7.81. The summed E-state index contributed by atoms with van der Waals surface area (Å²) in [5.74, 6) is 0.833. The van der Waals surface area contributed by atoms with E-state index in [0.717, 1.165) is 11.3 Å². The number of nitriles is 1. The highest BCUT2D eigenvalue weighted by Crippen LogP contribution is 2.15. The van der Waals surface area contributed by atoms with Crippen LogP contribution in [0.2, 0.25) is 0 Å².